The molecule has 1 atom stereocenters. The molecule has 5 heteroatoms. The van der Waals surface area contributed by atoms with E-state index >= 15 is 0 Å². The van der Waals surface area contributed by atoms with Crippen molar-refractivity contribution < 1.29 is 9.53 Å². The minimum absolute atomic E-state index is 0.0515. The number of carbonyl (C=O) groups is 1. The number of benzene rings is 1. The van der Waals surface area contributed by atoms with Gasteiger partial charge in [0, 0.05) is 19.6 Å². The first-order valence-corrected chi connectivity index (χ1v) is 10.7. The van der Waals surface area contributed by atoms with Gasteiger partial charge in [0.1, 0.15) is 5.75 Å². The van der Waals surface area contributed by atoms with Gasteiger partial charge in [0.05, 0.1) is 11.6 Å². The molecule has 154 valence electrons. The number of hydrogen-bond donors (Lipinski definition) is 1. The highest BCUT2D eigenvalue weighted by molar-refractivity contribution is 5.78. The van der Waals surface area contributed by atoms with E-state index in [1.165, 1.54) is 0 Å². The Labute approximate surface area is 169 Å². The average Bonchev–Trinajstić information content (AvgIpc) is 2.94. The SMILES string of the molecule is C=CCCCN1CC2(CCNCC2)N(Cc2cccc(O[C@H](C)CC)c2)C1=O. The second kappa shape index (κ2) is 9.46. The molecule has 1 N–H and O–H groups in total. The van der Waals surface area contributed by atoms with Gasteiger partial charge in [-0.2, -0.15) is 0 Å². The molecule has 2 aliphatic rings. The fraction of sp³-hybridized carbons (Fsp3) is 0.609. The Balaban J connectivity index is 1.76. The Morgan fingerprint density at radius 2 is 2.14 bits per heavy atom. The molecule has 0 aromatic heterocycles. The third-order valence-corrected chi connectivity index (χ3v) is 6.08. The summed E-state index contributed by atoms with van der Waals surface area (Å²) in [6, 6.07) is 8.41. The van der Waals surface area contributed by atoms with Crippen LogP contribution in [0, 0.1) is 0 Å². The molecule has 1 aromatic carbocycles. The maximum atomic E-state index is 13.3. The molecule has 0 unspecified atom stereocenters. The first-order valence-electron chi connectivity index (χ1n) is 10.7. The number of carbonyl (C=O) groups excluding carboxylic acids is 1. The normalized spacial score (nSPS) is 19.9. The first-order chi connectivity index (χ1) is 13.6. The van der Waals surface area contributed by atoms with E-state index in [4.69, 9.17) is 4.74 Å². The number of nitrogens with zero attached hydrogens (tertiary/aromatic N) is 2. The summed E-state index contributed by atoms with van der Waals surface area (Å²) >= 11 is 0. The van der Waals surface area contributed by atoms with E-state index < -0.39 is 0 Å². The van der Waals surface area contributed by atoms with Gasteiger partial charge in [-0.05, 0) is 69.8 Å². The lowest BCUT2D eigenvalue weighted by molar-refractivity contribution is 0.119. The van der Waals surface area contributed by atoms with Crippen LogP contribution < -0.4 is 10.1 Å². The number of rotatable bonds is 9. The van der Waals surface area contributed by atoms with Crippen molar-refractivity contribution >= 4 is 6.03 Å². The summed E-state index contributed by atoms with van der Waals surface area (Å²) in [5, 5.41) is 3.45. The number of urea groups is 1. The quantitative estimate of drug-likeness (QED) is 0.512. The molecule has 1 aromatic rings. The van der Waals surface area contributed by atoms with Crippen LogP contribution in [0.2, 0.25) is 0 Å². The molecule has 2 amide bonds. The summed E-state index contributed by atoms with van der Waals surface area (Å²) in [6.07, 6.45) is 7.06. The van der Waals surface area contributed by atoms with E-state index in [0.717, 1.165) is 69.6 Å². The molecule has 2 aliphatic heterocycles. The number of amides is 2. The molecule has 0 aliphatic carbocycles. The number of piperidine rings is 1. The zero-order valence-electron chi connectivity index (χ0n) is 17.5. The summed E-state index contributed by atoms with van der Waals surface area (Å²) in [7, 11) is 0. The summed E-state index contributed by atoms with van der Waals surface area (Å²) in [5.41, 5.74) is 1.09. The first kappa shape index (κ1) is 20.7. The highest BCUT2D eigenvalue weighted by atomic mass is 16.5. The molecule has 2 saturated heterocycles. The second-order valence-corrected chi connectivity index (χ2v) is 8.18. The Morgan fingerprint density at radius 1 is 1.36 bits per heavy atom. The topological polar surface area (TPSA) is 44.8 Å². The van der Waals surface area contributed by atoms with Crippen LogP contribution in [0.1, 0.15) is 51.5 Å². The van der Waals surface area contributed by atoms with Crippen molar-refractivity contribution in [1.29, 1.82) is 0 Å². The lowest BCUT2D eigenvalue weighted by Gasteiger charge is -2.40. The summed E-state index contributed by atoms with van der Waals surface area (Å²) in [4.78, 5) is 17.4. The number of unbranched alkanes of at least 4 members (excludes halogenated alkanes) is 1. The molecule has 2 heterocycles. The van der Waals surface area contributed by atoms with Gasteiger partial charge in [-0.15, -0.1) is 6.58 Å². The molecule has 0 saturated carbocycles. The van der Waals surface area contributed by atoms with Crippen LogP contribution in [-0.2, 0) is 6.54 Å². The lowest BCUT2D eigenvalue weighted by atomic mass is 9.87. The zero-order valence-corrected chi connectivity index (χ0v) is 17.5. The van der Waals surface area contributed by atoms with Crippen LogP contribution in [0.3, 0.4) is 0 Å². The van der Waals surface area contributed by atoms with Gasteiger partial charge in [-0.25, -0.2) is 4.79 Å². The van der Waals surface area contributed by atoms with Crippen LogP contribution in [0.15, 0.2) is 36.9 Å². The smallest absolute Gasteiger partial charge is 0.320 e. The minimum atomic E-state index is -0.0515. The van der Waals surface area contributed by atoms with E-state index in [1.54, 1.807) is 0 Å². The fourth-order valence-corrected chi connectivity index (χ4v) is 4.25. The van der Waals surface area contributed by atoms with Crippen molar-refractivity contribution in [1.82, 2.24) is 15.1 Å². The standard InChI is InChI=1S/C23H35N3O2/c1-4-6-7-15-25-18-23(11-13-24-14-12-23)26(22(25)27)17-20-9-8-10-21(16-20)28-19(3)5-2/h4,8-10,16,19,24H,1,5-7,11-15,17-18H2,2-3H3/t19-/m1/s1. The van der Waals surface area contributed by atoms with E-state index in [2.05, 4.69) is 42.8 Å². The van der Waals surface area contributed by atoms with Gasteiger partial charge >= 0.3 is 6.03 Å². The minimum Gasteiger partial charge on any atom is -0.491 e. The lowest BCUT2D eigenvalue weighted by Crippen LogP contribution is -2.53. The Bertz CT molecular complexity index is 670. The number of allylic oxidation sites excluding steroid dienone is 1. The molecule has 28 heavy (non-hydrogen) atoms. The van der Waals surface area contributed by atoms with Crippen LogP contribution >= 0.6 is 0 Å². The molecule has 0 bridgehead atoms. The molecule has 1 spiro atoms. The largest absolute Gasteiger partial charge is 0.491 e. The van der Waals surface area contributed by atoms with Crippen molar-refractivity contribution in [3.8, 4) is 5.75 Å². The number of nitrogens with one attached hydrogen (secondary N) is 1. The maximum Gasteiger partial charge on any atom is 0.320 e. The van der Waals surface area contributed by atoms with Crippen LogP contribution in [0.4, 0.5) is 4.79 Å². The molecule has 5 nitrogen and oxygen atoms in total. The van der Waals surface area contributed by atoms with Crippen molar-refractivity contribution in [3.05, 3.63) is 42.5 Å². The van der Waals surface area contributed by atoms with Gasteiger partial charge in [0.15, 0.2) is 0 Å². The van der Waals surface area contributed by atoms with Gasteiger partial charge in [0.25, 0.3) is 0 Å². The van der Waals surface area contributed by atoms with Crippen LogP contribution in [0.25, 0.3) is 0 Å². The van der Waals surface area contributed by atoms with E-state index in [-0.39, 0.29) is 17.7 Å². The predicted octanol–water partition coefficient (Wildman–Crippen LogP) is 4.19. The summed E-state index contributed by atoms with van der Waals surface area (Å²) in [6.45, 7) is 12.3. The predicted molar refractivity (Wildman–Crippen MR) is 114 cm³/mol. The van der Waals surface area contributed by atoms with Gasteiger partial charge in [-0.1, -0.05) is 25.1 Å². The summed E-state index contributed by atoms with van der Waals surface area (Å²) < 4.78 is 5.99. The van der Waals surface area contributed by atoms with Crippen molar-refractivity contribution in [2.24, 2.45) is 0 Å². The highest BCUT2D eigenvalue weighted by Crippen LogP contribution is 2.36. The molecule has 0 radical (unpaired) electrons. The van der Waals surface area contributed by atoms with E-state index in [9.17, 15) is 4.79 Å². The second-order valence-electron chi connectivity index (χ2n) is 8.18. The van der Waals surface area contributed by atoms with Gasteiger partial charge < -0.3 is 19.9 Å². The number of ether oxygens (including phenoxy) is 1. The van der Waals surface area contributed by atoms with Crippen LogP contribution in [0.5, 0.6) is 5.75 Å². The third-order valence-electron chi connectivity index (χ3n) is 6.08. The Morgan fingerprint density at radius 3 is 2.86 bits per heavy atom. The maximum absolute atomic E-state index is 13.3. The monoisotopic (exact) mass is 385 g/mol. The van der Waals surface area contributed by atoms with Gasteiger partial charge in [0.2, 0.25) is 0 Å². The Kier molecular flexibility index (Phi) is 7.00. The number of hydrogen-bond acceptors (Lipinski definition) is 3. The highest BCUT2D eigenvalue weighted by Gasteiger charge is 2.49. The average molecular weight is 386 g/mol. The third kappa shape index (κ3) is 4.69. The molecular formula is C23H35N3O2. The van der Waals surface area contributed by atoms with Crippen LogP contribution in [-0.4, -0.2) is 53.7 Å². The van der Waals surface area contributed by atoms with Crippen molar-refractivity contribution in [3.63, 3.8) is 0 Å². The van der Waals surface area contributed by atoms with Crippen molar-refractivity contribution in [2.75, 3.05) is 26.2 Å². The van der Waals surface area contributed by atoms with E-state index in [1.807, 2.05) is 23.1 Å². The zero-order chi connectivity index (χ0) is 20.0. The molecule has 3 rings (SSSR count). The summed E-state index contributed by atoms with van der Waals surface area (Å²) in [5.74, 6) is 0.890. The van der Waals surface area contributed by atoms with Crippen molar-refractivity contribution in [2.45, 2.75) is 64.1 Å². The van der Waals surface area contributed by atoms with Gasteiger partial charge in [-0.3, -0.25) is 0 Å². The Hall–Kier alpha value is -2.01. The van der Waals surface area contributed by atoms with E-state index in [0.29, 0.717) is 6.54 Å². The fourth-order valence-electron chi connectivity index (χ4n) is 4.25. The molecule has 2 fully saturated rings. The molecular weight excluding hydrogens is 350 g/mol.